The summed E-state index contributed by atoms with van der Waals surface area (Å²) < 4.78 is 10.8. The minimum Gasteiger partial charge on any atom is -0.454 e. The van der Waals surface area contributed by atoms with Crippen LogP contribution in [0, 0.1) is 12.8 Å². The highest BCUT2D eigenvalue weighted by atomic mass is 32.1. The van der Waals surface area contributed by atoms with E-state index in [4.69, 9.17) is 9.47 Å². The molecule has 1 fully saturated rings. The van der Waals surface area contributed by atoms with Gasteiger partial charge in [0.25, 0.3) is 0 Å². The number of ether oxygens (including phenoxy) is 2. The zero-order valence-electron chi connectivity index (χ0n) is 17.0. The third kappa shape index (κ3) is 3.77. The third-order valence-electron chi connectivity index (χ3n) is 5.72. The number of fused-ring (bicyclic) bond motifs is 1. The fourth-order valence-electron chi connectivity index (χ4n) is 4.17. The lowest BCUT2D eigenvalue weighted by Gasteiger charge is -2.40. The van der Waals surface area contributed by atoms with Gasteiger partial charge in [-0.2, -0.15) is 0 Å². The van der Waals surface area contributed by atoms with Gasteiger partial charge in [0.05, 0.1) is 12.0 Å². The van der Waals surface area contributed by atoms with Crippen molar-refractivity contribution < 1.29 is 19.1 Å². The Morgan fingerprint density at radius 1 is 1.10 bits per heavy atom. The minimum atomic E-state index is -0.372. The Morgan fingerprint density at radius 3 is 2.68 bits per heavy atom. The monoisotopic (exact) mass is 434 g/mol. The molecule has 3 aromatic rings. The Morgan fingerprint density at radius 2 is 1.90 bits per heavy atom. The predicted molar refractivity (Wildman–Crippen MR) is 120 cm³/mol. The second-order valence-electron chi connectivity index (χ2n) is 7.76. The highest BCUT2D eigenvalue weighted by molar-refractivity contribution is 7.10. The van der Waals surface area contributed by atoms with E-state index in [1.807, 2.05) is 48.7 Å². The largest absolute Gasteiger partial charge is 0.454 e. The number of aryl methyl sites for hydroxylation is 1. The molecule has 0 radical (unpaired) electrons. The maximum absolute atomic E-state index is 13.4. The maximum atomic E-state index is 13.4. The molecule has 7 heteroatoms. The summed E-state index contributed by atoms with van der Waals surface area (Å²) in [4.78, 5) is 29.2. The summed E-state index contributed by atoms with van der Waals surface area (Å²) in [5, 5.41) is 5.00. The molecular formula is C24H22N2O4S. The Balaban J connectivity index is 1.47. The first-order chi connectivity index (χ1) is 15.1. The second-order valence-corrected chi connectivity index (χ2v) is 8.74. The van der Waals surface area contributed by atoms with Crippen molar-refractivity contribution in [1.82, 2.24) is 0 Å². The molecule has 2 amide bonds. The van der Waals surface area contributed by atoms with Crippen molar-refractivity contribution in [3.63, 3.8) is 0 Å². The van der Waals surface area contributed by atoms with Crippen molar-refractivity contribution in [1.29, 1.82) is 0 Å². The van der Waals surface area contributed by atoms with Crippen LogP contribution in [0.3, 0.4) is 0 Å². The number of anilines is 2. The summed E-state index contributed by atoms with van der Waals surface area (Å²) in [7, 11) is 0. The molecule has 6 nitrogen and oxygen atoms in total. The van der Waals surface area contributed by atoms with E-state index in [2.05, 4.69) is 5.32 Å². The number of carbonyl (C=O) groups excluding carboxylic acids is 2. The minimum absolute atomic E-state index is 0.0365. The molecule has 2 atom stereocenters. The van der Waals surface area contributed by atoms with Crippen LogP contribution in [0.1, 0.15) is 29.3 Å². The highest BCUT2D eigenvalue weighted by Crippen LogP contribution is 2.42. The molecular weight excluding hydrogens is 412 g/mol. The van der Waals surface area contributed by atoms with Crippen LogP contribution in [0.5, 0.6) is 11.5 Å². The van der Waals surface area contributed by atoms with Gasteiger partial charge in [-0.1, -0.05) is 23.8 Å². The molecule has 0 aliphatic carbocycles. The van der Waals surface area contributed by atoms with Crippen LogP contribution in [0.4, 0.5) is 11.4 Å². The number of benzene rings is 2. The Hall–Kier alpha value is -3.32. The van der Waals surface area contributed by atoms with Gasteiger partial charge in [-0.15, -0.1) is 11.3 Å². The number of rotatable bonds is 4. The Bertz CT molecular complexity index is 1110. The van der Waals surface area contributed by atoms with Crippen molar-refractivity contribution in [3.05, 3.63) is 70.4 Å². The van der Waals surface area contributed by atoms with Crippen LogP contribution >= 0.6 is 11.3 Å². The molecule has 2 aliphatic heterocycles. The van der Waals surface area contributed by atoms with E-state index in [0.29, 0.717) is 30.0 Å². The fraction of sp³-hybridized carbons (Fsp3) is 0.250. The van der Waals surface area contributed by atoms with E-state index >= 15 is 0 Å². The fourth-order valence-corrected chi connectivity index (χ4v) is 5.05. The summed E-state index contributed by atoms with van der Waals surface area (Å²) in [6.45, 7) is 2.20. The summed E-state index contributed by atoms with van der Waals surface area (Å²) in [6, 6.07) is 16.8. The van der Waals surface area contributed by atoms with Crippen molar-refractivity contribution in [2.24, 2.45) is 5.92 Å². The molecule has 31 heavy (non-hydrogen) atoms. The molecule has 0 saturated carbocycles. The van der Waals surface area contributed by atoms with Crippen molar-refractivity contribution >= 4 is 34.5 Å². The molecule has 2 aliphatic rings. The summed E-state index contributed by atoms with van der Waals surface area (Å²) in [5.74, 6) is 0.843. The van der Waals surface area contributed by atoms with Crippen LogP contribution in [0.25, 0.3) is 0 Å². The first-order valence-electron chi connectivity index (χ1n) is 10.2. The van der Waals surface area contributed by atoms with Gasteiger partial charge in [-0.3, -0.25) is 9.59 Å². The first kappa shape index (κ1) is 19.6. The number of carbonyl (C=O) groups is 2. The average Bonchev–Trinajstić information content (AvgIpc) is 3.46. The van der Waals surface area contributed by atoms with Gasteiger partial charge in [0.15, 0.2) is 11.5 Å². The van der Waals surface area contributed by atoms with E-state index in [0.717, 1.165) is 16.1 Å². The van der Waals surface area contributed by atoms with Crippen LogP contribution in [0.15, 0.2) is 60.0 Å². The maximum Gasteiger partial charge on any atom is 0.231 e. The number of amides is 2. The highest BCUT2D eigenvalue weighted by Gasteiger charge is 2.42. The molecule has 5 rings (SSSR count). The third-order valence-corrected chi connectivity index (χ3v) is 6.66. The van der Waals surface area contributed by atoms with E-state index < -0.39 is 0 Å². The van der Waals surface area contributed by atoms with Crippen molar-refractivity contribution in [2.75, 3.05) is 17.0 Å². The molecule has 0 unspecified atom stereocenters. The average molecular weight is 435 g/mol. The number of thiophene rings is 1. The summed E-state index contributed by atoms with van der Waals surface area (Å²) in [6.07, 6.45) is 0.828. The zero-order chi connectivity index (χ0) is 21.4. The van der Waals surface area contributed by atoms with Crippen LogP contribution in [-0.4, -0.2) is 18.6 Å². The van der Waals surface area contributed by atoms with Gasteiger partial charge in [0, 0.05) is 28.7 Å². The van der Waals surface area contributed by atoms with Crippen molar-refractivity contribution in [2.45, 2.75) is 25.8 Å². The predicted octanol–water partition coefficient (Wildman–Crippen LogP) is 4.91. The van der Waals surface area contributed by atoms with Crippen LogP contribution < -0.4 is 19.7 Å². The topological polar surface area (TPSA) is 67.9 Å². The smallest absolute Gasteiger partial charge is 0.231 e. The van der Waals surface area contributed by atoms with E-state index in [1.54, 1.807) is 34.4 Å². The van der Waals surface area contributed by atoms with Gasteiger partial charge >= 0.3 is 0 Å². The standard InChI is InChI=1S/C24H22N2O4S/c1-15-4-7-17(8-5-15)26-22(27)11-9-18(23(26)21-3-2-12-31-21)24(28)25-16-6-10-19-20(13-16)30-14-29-19/h2-8,10,12-13,18,23H,9,11,14H2,1H3,(H,25,28)/t18-,23+/m1/s1. The molecule has 3 heterocycles. The van der Waals surface area contributed by atoms with Crippen LogP contribution in [0.2, 0.25) is 0 Å². The quantitative estimate of drug-likeness (QED) is 0.634. The van der Waals surface area contributed by atoms with Gasteiger partial charge in [0.2, 0.25) is 18.6 Å². The van der Waals surface area contributed by atoms with Crippen LogP contribution in [-0.2, 0) is 9.59 Å². The lowest BCUT2D eigenvalue weighted by Crippen LogP contribution is -2.46. The normalized spacial score (nSPS) is 20.0. The van der Waals surface area contributed by atoms with Gasteiger partial charge in [0.1, 0.15) is 0 Å². The summed E-state index contributed by atoms with van der Waals surface area (Å²) in [5.41, 5.74) is 2.59. The lowest BCUT2D eigenvalue weighted by molar-refractivity contribution is -0.125. The molecule has 0 bridgehead atoms. The van der Waals surface area contributed by atoms with Gasteiger partial charge < -0.3 is 19.7 Å². The van der Waals surface area contributed by atoms with Gasteiger partial charge in [-0.05, 0) is 49.1 Å². The number of piperidine rings is 1. The molecule has 0 spiro atoms. The SMILES string of the molecule is Cc1ccc(N2C(=O)CC[C@@H](C(=O)Nc3ccc4c(c3)OCO4)[C@H]2c2cccs2)cc1. The molecule has 1 saturated heterocycles. The number of hydrogen-bond donors (Lipinski definition) is 1. The lowest BCUT2D eigenvalue weighted by atomic mass is 9.86. The molecule has 1 aromatic heterocycles. The van der Waals surface area contributed by atoms with E-state index in [1.165, 1.54) is 0 Å². The second kappa shape index (κ2) is 8.07. The molecule has 2 aromatic carbocycles. The molecule has 1 N–H and O–H groups in total. The Kier molecular flexibility index (Phi) is 5.11. The van der Waals surface area contributed by atoms with Crippen molar-refractivity contribution in [3.8, 4) is 11.5 Å². The molecule has 158 valence electrons. The first-order valence-corrected chi connectivity index (χ1v) is 11.1. The number of nitrogens with one attached hydrogen (secondary N) is 1. The van der Waals surface area contributed by atoms with Gasteiger partial charge in [-0.25, -0.2) is 0 Å². The van der Waals surface area contributed by atoms with E-state index in [-0.39, 0.29) is 30.6 Å². The Labute approximate surface area is 184 Å². The number of hydrogen-bond acceptors (Lipinski definition) is 5. The number of nitrogens with zero attached hydrogens (tertiary/aromatic N) is 1. The van der Waals surface area contributed by atoms with E-state index in [9.17, 15) is 9.59 Å². The summed E-state index contributed by atoms with van der Waals surface area (Å²) >= 11 is 1.57. The zero-order valence-corrected chi connectivity index (χ0v) is 17.9.